The summed E-state index contributed by atoms with van der Waals surface area (Å²) < 4.78 is 0. The van der Waals surface area contributed by atoms with E-state index in [4.69, 9.17) is 0 Å². The van der Waals surface area contributed by atoms with Crippen molar-refractivity contribution in [3.63, 3.8) is 0 Å². The molecular weight excluding hydrogens is 150 g/mol. The Hall–Kier alpha value is -0.370. The quantitative estimate of drug-likeness (QED) is 0.569. The van der Waals surface area contributed by atoms with Gasteiger partial charge >= 0.3 is 0 Å². The highest BCUT2D eigenvalue weighted by molar-refractivity contribution is 5.49. The van der Waals surface area contributed by atoms with Gasteiger partial charge in [0.25, 0.3) is 0 Å². The SMILES string of the molecule is CC(C)CC(C)N(C)CCC=O. The first kappa shape index (κ1) is 11.6. The lowest BCUT2D eigenvalue weighted by Crippen LogP contribution is -2.31. The van der Waals surface area contributed by atoms with E-state index in [1.807, 2.05) is 0 Å². The van der Waals surface area contributed by atoms with E-state index in [2.05, 4.69) is 32.7 Å². The van der Waals surface area contributed by atoms with Gasteiger partial charge < -0.3 is 9.69 Å². The van der Waals surface area contributed by atoms with Gasteiger partial charge in [-0.2, -0.15) is 0 Å². The van der Waals surface area contributed by atoms with Crippen molar-refractivity contribution in [3.8, 4) is 0 Å². The molecule has 2 heteroatoms. The van der Waals surface area contributed by atoms with Gasteiger partial charge in [-0.1, -0.05) is 13.8 Å². The van der Waals surface area contributed by atoms with Crippen LogP contribution in [0.3, 0.4) is 0 Å². The van der Waals surface area contributed by atoms with Crippen LogP contribution < -0.4 is 0 Å². The summed E-state index contributed by atoms with van der Waals surface area (Å²) in [5, 5.41) is 0. The molecule has 0 aromatic heterocycles. The maximum atomic E-state index is 10.1. The number of carbonyl (C=O) groups excluding carboxylic acids is 1. The van der Waals surface area contributed by atoms with Crippen LogP contribution in [-0.4, -0.2) is 30.8 Å². The zero-order valence-electron chi connectivity index (χ0n) is 8.71. The van der Waals surface area contributed by atoms with Crippen molar-refractivity contribution < 1.29 is 4.79 Å². The molecule has 0 aliphatic carbocycles. The van der Waals surface area contributed by atoms with Crippen LogP contribution in [0, 0.1) is 5.92 Å². The van der Waals surface area contributed by atoms with E-state index in [0.29, 0.717) is 12.5 Å². The van der Waals surface area contributed by atoms with Gasteiger partial charge in [-0.05, 0) is 26.3 Å². The van der Waals surface area contributed by atoms with Crippen molar-refractivity contribution in [1.29, 1.82) is 0 Å². The number of hydrogen-bond acceptors (Lipinski definition) is 2. The first-order chi connectivity index (χ1) is 5.57. The lowest BCUT2D eigenvalue weighted by atomic mass is 10.0. The number of carbonyl (C=O) groups is 1. The maximum Gasteiger partial charge on any atom is 0.121 e. The molecule has 0 amide bonds. The molecule has 72 valence electrons. The van der Waals surface area contributed by atoms with Gasteiger partial charge in [-0.25, -0.2) is 0 Å². The summed E-state index contributed by atoms with van der Waals surface area (Å²) in [4.78, 5) is 12.4. The number of nitrogens with zero attached hydrogens (tertiary/aromatic N) is 1. The molecule has 0 aromatic rings. The van der Waals surface area contributed by atoms with E-state index in [-0.39, 0.29) is 0 Å². The van der Waals surface area contributed by atoms with Crippen molar-refractivity contribution in [2.75, 3.05) is 13.6 Å². The molecule has 0 fully saturated rings. The predicted molar refractivity (Wildman–Crippen MR) is 52.2 cm³/mol. The second kappa shape index (κ2) is 6.18. The van der Waals surface area contributed by atoms with Crippen molar-refractivity contribution in [3.05, 3.63) is 0 Å². The fourth-order valence-electron chi connectivity index (χ4n) is 1.34. The second-order valence-electron chi connectivity index (χ2n) is 3.91. The summed E-state index contributed by atoms with van der Waals surface area (Å²) in [5.41, 5.74) is 0. The van der Waals surface area contributed by atoms with E-state index in [0.717, 1.165) is 18.7 Å². The fraction of sp³-hybridized carbons (Fsp3) is 0.900. The highest BCUT2D eigenvalue weighted by atomic mass is 16.1. The van der Waals surface area contributed by atoms with Gasteiger partial charge in [-0.15, -0.1) is 0 Å². The highest BCUT2D eigenvalue weighted by Crippen LogP contribution is 2.09. The molecule has 2 nitrogen and oxygen atoms in total. The number of aldehydes is 1. The summed E-state index contributed by atoms with van der Waals surface area (Å²) in [5.74, 6) is 0.735. The van der Waals surface area contributed by atoms with Crippen LogP contribution in [0.5, 0.6) is 0 Å². The lowest BCUT2D eigenvalue weighted by Gasteiger charge is -2.25. The molecule has 0 bridgehead atoms. The van der Waals surface area contributed by atoms with Gasteiger partial charge in [0.15, 0.2) is 0 Å². The zero-order chi connectivity index (χ0) is 9.56. The van der Waals surface area contributed by atoms with Crippen LogP contribution in [0.15, 0.2) is 0 Å². The maximum absolute atomic E-state index is 10.1. The van der Waals surface area contributed by atoms with E-state index in [9.17, 15) is 4.79 Å². The average molecular weight is 171 g/mol. The van der Waals surface area contributed by atoms with Gasteiger partial charge in [-0.3, -0.25) is 0 Å². The summed E-state index contributed by atoms with van der Waals surface area (Å²) in [6, 6.07) is 0.588. The Morgan fingerprint density at radius 1 is 1.33 bits per heavy atom. The summed E-state index contributed by atoms with van der Waals surface area (Å²) in [6.07, 6.45) is 2.84. The largest absolute Gasteiger partial charge is 0.303 e. The van der Waals surface area contributed by atoms with E-state index in [1.165, 1.54) is 6.42 Å². The Balaban J connectivity index is 3.60. The summed E-state index contributed by atoms with van der Waals surface area (Å²) in [7, 11) is 2.08. The first-order valence-corrected chi connectivity index (χ1v) is 4.71. The Kier molecular flexibility index (Phi) is 5.99. The molecule has 0 heterocycles. The normalized spacial score (nSPS) is 13.8. The molecule has 0 aromatic carbocycles. The summed E-state index contributed by atoms with van der Waals surface area (Å²) in [6.45, 7) is 7.55. The third kappa shape index (κ3) is 5.30. The molecule has 0 aliphatic heterocycles. The lowest BCUT2D eigenvalue weighted by molar-refractivity contribution is -0.108. The van der Waals surface area contributed by atoms with Crippen LogP contribution in [0.1, 0.15) is 33.6 Å². The van der Waals surface area contributed by atoms with Crippen LogP contribution >= 0.6 is 0 Å². The van der Waals surface area contributed by atoms with Crippen LogP contribution in [0.25, 0.3) is 0 Å². The minimum Gasteiger partial charge on any atom is -0.303 e. The van der Waals surface area contributed by atoms with E-state index < -0.39 is 0 Å². The minimum atomic E-state index is 0.588. The molecule has 0 saturated carbocycles. The number of rotatable bonds is 6. The monoisotopic (exact) mass is 171 g/mol. The Bertz CT molecular complexity index is 123. The third-order valence-corrected chi connectivity index (χ3v) is 2.16. The molecule has 1 atom stereocenters. The van der Waals surface area contributed by atoms with Crippen LogP contribution in [0.4, 0.5) is 0 Å². The topological polar surface area (TPSA) is 20.3 Å². The molecule has 0 radical (unpaired) electrons. The highest BCUT2D eigenvalue weighted by Gasteiger charge is 2.09. The van der Waals surface area contributed by atoms with Crippen molar-refractivity contribution >= 4 is 6.29 Å². The Morgan fingerprint density at radius 3 is 2.33 bits per heavy atom. The second-order valence-corrected chi connectivity index (χ2v) is 3.91. The third-order valence-electron chi connectivity index (χ3n) is 2.16. The smallest absolute Gasteiger partial charge is 0.121 e. The zero-order valence-corrected chi connectivity index (χ0v) is 8.71. The Labute approximate surface area is 75.9 Å². The molecule has 1 unspecified atom stereocenters. The van der Waals surface area contributed by atoms with Crippen molar-refractivity contribution in [1.82, 2.24) is 4.90 Å². The molecule has 0 spiro atoms. The van der Waals surface area contributed by atoms with Gasteiger partial charge in [0.1, 0.15) is 6.29 Å². The molecular formula is C10H21NO. The average Bonchev–Trinajstić information content (AvgIpc) is 1.98. The molecule has 0 N–H and O–H groups in total. The van der Waals surface area contributed by atoms with E-state index >= 15 is 0 Å². The molecule has 12 heavy (non-hydrogen) atoms. The summed E-state index contributed by atoms with van der Waals surface area (Å²) >= 11 is 0. The van der Waals surface area contributed by atoms with Crippen LogP contribution in [-0.2, 0) is 4.79 Å². The van der Waals surface area contributed by atoms with Gasteiger partial charge in [0.05, 0.1) is 0 Å². The number of hydrogen-bond donors (Lipinski definition) is 0. The van der Waals surface area contributed by atoms with E-state index in [1.54, 1.807) is 0 Å². The molecule has 0 rings (SSSR count). The Morgan fingerprint density at radius 2 is 1.92 bits per heavy atom. The predicted octanol–water partition coefficient (Wildman–Crippen LogP) is 1.94. The molecule has 0 saturated heterocycles. The van der Waals surface area contributed by atoms with Gasteiger partial charge in [0.2, 0.25) is 0 Å². The minimum absolute atomic E-state index is 0.588. The van der Waals surface area contributed by atoms with Crippen molar-refractivity contribution in [2.24, 2.45) is 5.92 Å². The molecule has 0 aliphatic rings. The van der Waals surface area contributed by atoms with Crippen LogP contribution in [0.2, 0.25) is 0 Å². The first-order valence-electron chi connectivity index (χ1n) is 4.71. The fourth-order valence-corrected chi connectivity index (χ4v) is 1.34. The van der Waals surface area contributed by atoms with Gasteiger partial charge in [0, 0.05) is 19.0 Å². The standard InChI is InChI=1S/C10H21NO/c1-9(2)8-10(3)11(4)6-5-7-12/h7,9-10H,5-6,8H2,1-4H3. The van der Waals surface area contributed by atoms with Crippen molar-refractivity contribution in [2.45, 2.75) is 39.7 Å².